The van der Waals surface area contributed by atoms with Gasteiger partial charge in [0, 0.05) is 17.0 Å². The molecular weight excluding hydrogens is 292 g/mol. The molecule has 1 aliphatic carbocycles. The molecule has 0 saturated heterocycles. The highest BCUT2D eigenvalue weighted by Gasteiger charge is 2.37. The van der Waals surface area contributed by atoms with Crippen LogP contribution < -0.4 is 10.5 Å². The van der Waals surface area contributed by atoms with Gasteiger partial charge in [-0.1, -0.05) is 19.4 Å². The van der Waals surface area contributed by atoms with Crippen LogP contribution in [0.4, 0.5) is 5.69 Å². The van der Waals surface area contributed by atoms with Crippen molar-refractivity contribution < 1.29 is 8.42 Å². The standard InChI is InChI=1S/C14H22N2O2S2/c1-3-11-5-6-12(15)9-13(11)20(17,18)16-10-14(19-2)7-4-8-14/h5-6,9,16H,3-4,7-8,10,15H2,1-2H3. The fraction of sp³-hybridized carbons (Fsp3) is 0.571. The van der Waals surface area contributed by atoms with Crippen molar-refractivity contribution in [1.29, 1.82) is 0 Å². The van der Waals surface area contributed by atoms with Gasteiger partial charge in [0.1, 0.15) is 0 Å². The molecule has 6 heteroatoms. The average Bonchev–Trinajstić information content (AvgIpc) is 2.38. The highest BCUT2D eigenvalue weighted by atomic mass is 32.2. The molecule has 2 rings (SSSR count). The largest absolute Gasteiger partial charge is 0.399 e. The molecule has 0 radical (unpaired) electrons. The third-order valence-corrected chi connectivity index (χ3v) is 6.95. The summed E-state index contributed by atoms with van der Waals surface area (Å²) >= 11 is 1.76. The topological polar surface area (TPSA) is 72.2 Å². The number of nitrogens with one attached hydrogen (secondary N) is 1. The summed E-state index contributed by atoms with van der Waals surface area (Å²) in [5.74, 6) is 0. The zero-order valence-corrected chi connectivity index (χ0v) is 13.6. The third kappa shape index (κ3) is 3.13. The van der Waals surface area contributed by atoms with Crippen molar-refractivity contribution >= 4 is 27.5 Å². The Hall–Kier alpha value is -0.720. The molecule has 1 aliphatic rings. The van der Waals surface area contributed by atoms with E-state index in [1.807, 2.05) is 13.2 Å². The summed E-state index contributed by atoms with van der Waals surface area (Å²) in [6.07, 6.45) is 6.05. The second kappa shape index (κ2) is 5.95. The van der Waals surface area contributed by atoms with Crippen molar-refractivity contribution in [1.82, 2.24) is 4.72 Å². The minimum Gasteiger partial charge on any atom is -0.399 e. The van der Waals surface area contributed by atoms with E-state index in [-0.39, 0.29) is 4.75 Å². The van der Waals surface area contributed by atoms with Crippen molar-refractivity contribution in [2.75, 3.05) is 18.5 Å². The van der Waals surface area contributed by atoms with Crippen LogP contribution in [0.15, 0.2) is 23.1 Å². The van der Waals surface area contributed by atoms with E-state index in [0.29, 0.717) is 23.5 Å². The SMILES string of the molecule is CCc1ccc(N)cc1S(=O)(=O)NCC1(SC)CCC1. The Labute approximate surface area is 125 Å². The second-order valence-electron chi connectivity index (χ2n) is 5.29. The number of rotatable bonds is 6. The first-order valence-electron chi connectivity index (χ1n) is 6.86. The van der Waals surface area contributed by atoms with Gasteiger partial charge in [0.15, 0.2) is 0 Å². The molecule has 0 spiro atoms. The molecule has 0 heterocycles. The minimum absolute atomic E-state index is 0.0831. The van der Waals surface area contributed by atoms with Crippen molar-refractivity contribution in [3.8, 4) is 0 Å². The Morgan fingerprint density at radius 2 is 2.10 bits per heavy atom. The molecule has 0 unspecified atom stereocenters. The van der Waals surface area contributed by atoms with Gasteiger partial charge >= 0.3 is 0 Å². The molecule has 0 atom stereocenters. The number of nitrogen functional groups attached to an aromatic ring is 1. The van der Waals surface area contributed by atoms with Crippen LogP contribution in [0.3, 0.4) is 0 Å². The monoisotopic (exact) mass is 314 g/mol. The van der Waals surface area contributed by atoms with Crippen LogP contribution in [0.2, 0.25) is 0 Å². The summed E-state index contributed by atoms with van der Waals surface area (Å²) < 4.78 is 27.8. The molecule has 1 aromatic carbocycles. The fourth-order valence-electron chi connectivity index (χ4n) is 2.44. The van der Waals surface area contributed by atoms with Crippen molar-refractivity contribution in [2.24, 2.45) is 0 Å². The Bertz CT molecular complexity index is 575. The van der Waals surface area contributed by atoms with Crippen LogP contribution in [0.5, 0.6) is 0 Å². The summed E-state index contributed by atoms with van der Waals surface area (Å²) in [7, 11) is -3.49. The normalized spacial score (nSPS) is 17.7. The molecule has 0 bridgehead atoms. The second-order valence-corrected chi connectivity index (χ2v) is 8.30. The van der Waals surface area contributed by atoms with E-state index < -0.39 is 10.0 Å². The van der Waals surface area contributed by atoms with Crippen LogP contribution in [0.1, 0.15) is 31.7 Å². The van der Waals surface area contributed by atoms with Gasteiger partial charge in [0.2, 0.25) is 10.0 Å². The molecule has 1 aromatic rings. The Morgan fingerprint density at radius 1 is 1.40 bits per heavy atom. The molecule has 0 aromatic heterocycles. The average molecular weight is 314 g/mol. The first kappa shape index (κ1) is 15.7. The van der Waals surface area contributed by atoms with Crippen LogP contribution in [-0.4, -0.2) is 26.0 Å². The van der Waals surface area contributed by atoms with Gasteiger partial charge in [-0.3, -0.25) is 0 Å². The maximum atomic E-state index is 12.5. The summed E-state index contributed by atoms with van der Waals surface area (Å²) in [5, 5.41) is 0. The van der Waals surface area contributed by atoms with E-state index in [0.717, 1.165) is 18.4 Å². The number of hydrogen-bond acceptors (Lipinski definition) is 4. The van der Waals surface area contributed by atoms with E-state index >= 15 is 0 Å². The van der Waals surface area contributed by atoms with Gasteiger partial charge in [0.25, 0.3) is 0 Å². The number of anilines is 1. The molecule has 0 aliphatic heterocycles. The molecule has 0 amide bonds. The van der Waals surface area contributed by atoms with Crippen molar-refractivity contribution in [3.05, 3.63) is 23.8 Å². The number of hydrogen-bond donors (Lipinski definition) is 2. The maximum Gasteiger partial charge on any atom is 0.240 e. The van der Waals surface area contributed by atoms with Gasteiger partial charge in [-0.15, -0.1) is 0 Å². The quantitative estimate of drug-likeness (QED) is 0.791. The lowest BCUT2D eigenvalue weighted by Gasteiger charge is -2.40. The van der Waals surface area contributed by atoms with Crippen molar-refractivity contribution in [3.63, 3.8) is 0 Å². The lowest BCUT2D eigenvalue weighted by molar-refractivity contribution is 0.362. The molecule has 1 saturated carbocycles. The van der Waals surface area contributed by atoms with Crippen LogP contribution in [0, 0.1) is 0 Å². The zero-order valence-electron chi connectivity index (χ0n) is 12.0. The Morgan fingerprint density at radius 3 is 2.60 bits per heavy atom. The Kier molecular flexibility index (Phi) is 4.66. The minimum atomic E-state index is -3.49. The van der Waals surface area contributed by atoms with Crippen LogP contribution >= 0.6 is 11.8 Å². The predicted molar refractivity (Wildman–Crippen MR) is 85.5 cm³/mol. The van der Waals surface area contributed by atoms with Crippen LogP contribution in [-0.2, 0) is 16.4 Å². The number of benzene rings is 1. The van der Waals surface area contributed by atoms with Crippen molar-refractivity contribution in [2.45, 2.75) is 42.2 Å². The predicted octanol–water partition coefficient (Wildman–Crippen LogP) is 2.40. The fourth-order valence-corrected chi connectivity index (χ4v) is 4.92. The zero-order chi connectivity index (χ0) is 14.8. The third-order valence-electron chi connectivity index (χ3n) is 4.04. The van der Waals surface area contributed by atoms with Gasteiger partial charge in [-0.2, -0.15) is 11.8 Å². The van der Waals surface area contributed by atoms with E-state index in [9.17, 15) is 8.42 Å². The molecule has 20 heavy (non-hydrogen) atoms. The van der Waals surface area contributed by atoms with Gasteiger partial charge in [-0.05, 0) is 43.2 Å². The lowest BCUT2D eigenvalue weighted by atomic mass is 9.84. The van der Waals surface area contributed by atoms with Gasteiger partial charge < -0.3 is 5.73 Å². The van der Waals surface area contributed by atoms with Gasteiger partial charge in [0.05, 0.1) is 4.90 Å². The maximum absolute atomic E-state index is 12.5. The summed E-state index contributed by atoms with van der Waals surface area (Å²) in [5.41, 5.74) is 7.01. The number of aryl methyl sites for hydroxylation is 1. The number of thioether (sulfide) groups is 1. The Balaban J connectivity index is 2.20. The van der Waals surface area contributed by atoms with E-state index in [1.54, 1.807) is 30.0 Å². The number of sulfonamides is 1. The van der Waals surface area contributed by atoms with E-state index in [2.05, 4.69) is 4.72 Å². The smallest absolute Gasteiger partial charge is 0.240 e. The first-order chi connectivity index (χ1) is 9.42. The summed E-state index contributed by atoms with van der Waals surface area (Å²) in [6.45, 7) is 2.44. The number of nitrogens with two attached hydrogens (primary N) is 1. The van der Waals surface area contributed by atoms with Gasteiger partial charge in [-0.25, -0.2) is 13.1 Å². The highest BCUT2D eigenvalue weighted by molar-refractivity contribution is 8.00. The van der Waals surface area contributed by atoms with E-state index in [1.165, 1.54) is 6.42 Å². The molecule has 4 nitrogen and oxygen atoms in total. The highest BCUT2D eigenvalue weighted by Crippen LogP contribution is 2.42. The molecule has 3 N–H and O–H groups in total. The summed E-state index contributed by atoms with van der Waals surface area (Å²) in [4.78, 5) is 0.315. The summed E-state index contributed by atoms with van der Waals surface area (Å²) in [6, 6.07) is 5.08. The first-order valence-corrected chi connectivity index (χ1v) is 9.56. The molecule has 112 valence electrons. The molecular formula is C14H22N2O2S2. The van der Waals surface area contributed by atoms with Crippen LogP contribution in [0.25, 0.3) is 0 Å². The van der Waals surface area contributed by atoms with E-state index in [4.69, 9.17) is 5.73 Å². The molecule has 1 fully saturated rings. The lowest BCUT2D eigenvalue weighted by Crippen LogP contribution is -2.45.